The van der Waals surface area contributed by atoms with E-state index in [2.05, 4.69) is 36.3 Å². The first kappa shape index (κ1) is 25.8. The molecule has 0 heterocycles. The van der Waals surface area contributed by atoms with E-state index in [4.69, 9.17) is 10.5 Å². The highest BCUT2D eigenvalue weighted by Gasteiger charge is 2.30. The molecule has 6 heteroatoms. The fourth-order valence-corrected chi connectivity index (χ4v) is 4.97. The molecule has 0 radical (unpaired) electrons. The Morgan fingerprint density at radius 1 is 1.21 bits per heavy atom. The normalized spacial score (nSPS) is 19.1. The number of nitrogens with two attached hydrogens (primary N) is 1. The summed E-state index contributed by atoms with van der Waals surface area (Å²) in [4.78, 5) is 25.7. The Hall–Kier alpha value is -2.86. The third-order valence-electron chi connectivity index (χ3n) is 6.85. The van der Waals surface area contributed by atoms with Crippen molar-refractivity contribution in [2.45, 2.75) is 76.3 Å². The molecule has 0 spiro atoms. The molecule has 1 unspecified atom stereocenters. The summed E-state index contributed by atoms with van der Waals surface area (Å²) >= 11 is 0. The van der Waals surface area contributed by atoms with Crippen LogP contribution in [0.15, 0.2) is 54.6 Å². The minimum atomic E-state index is -0.616. The molecule has 1 saturated carbocycles. The van der Waals surface area contributed by atoms with Crippen molar-refractivity contribution in [3.05, 3.63) is 65.8 Å². The van der Waals surface area contributed by atoms with Crippen LogP contribution in [0.3, 0.4) is 0 Å². The molecule has 2 amide bonds. The molecule has 0 saturated heterocycles. The SMILES string of the molecule is C=C/C=C\C1=C(C)c2ccccc2C1COC(=O)N[C@H](CCCCN)C(=O)NC1CCCCC1. The van der Waals surface area contributed by atoms with Gasteiger partial charge in [-0.2, -0.15) is 0 Å². The predicted octanol–water partition coefficient (Wildman–Crippen LogP) is 4.97. The number of ether oxygens (including phenoxy) is 1. The number of carbonyl (C=O) groups is 2. The summed E-state index contributed by atoms with van der Waals surface area (Å²) in [6.07, 6.45) is 12.7. The van der Waals surface area contributed by atoms with Crippen LogP contribution in [-0.4, -0.2) is 37.2 Å². The first-order chi connectivity index (χ1) is 16.5. The zero-order chi connectivity index (χ0) is 24.3. The zero-order valence-corrected chi connectivity index (χ0v) is 20.4. The minimum absolute atomic E-state index is 0.0510. The van der Waals surface area contributed by atoms with E-state index < -0.39 is 12.1 Å². The lowest BCUT2D eigenvalue weighted by atomic mass is 9.95. The number of amides is 2. The summed E-state index contributed by atoms with van der Waals surface area (Å²) in [5.41, 5.74) is 10.2. The molecule has 1 fully saturated rings. The minimum Gasteiger partial charge on any atom is -0.449 e. The van der Waals surface area contributed by atoms with Gasteiger partial charge in [-0.1, -0.05) is 68.3 Å². The first-order valence-corrected chi connectivity index (χ1v) is 12.6. The quantitative estimate of drug-likeness (QED) is 0.318. The Bertz CT molecular complexity index is 915. The Morgan fingerprint density at radius 3 is 2.71 bits per heavy atom. The van der Waals surface area contributed by atoms with Crippen molar-refractivity contribution in [3.63, 3.8) is 0 Å². The van der Waals surface area contributed by atoms with Gasteiger partial charge in [0.25, 0.3) is 0 Å². The molecule has 1 aromatic carbocycles. The molecule has 6 nitrogen and oxygen atoms in total. The van der Waals surface area contributed by atoms with Crippen molar-refractivity contribution in [3.8, 4) is 0 Å². The average Bonchev–Trinajstić information content (AvgIpc) is 3.12. The van der Waals surface area contributed by atoms with Gasteiger partial charge in [-0.05, 0) is 67.8 Å². The van der Waals surface area contributed by atoms with Crippen molar-refractivity contribution < 1.29 is 14.3 Å². The van der Waals surface area contributed by atoms with Gasteiger partial charge < -0.3 is 21.1 Å². The van der Waals surface area contributed by atoms with Gasteiger partial charge in [0, 0.05) is 12.0 Å². The highest BCUT2D eigenvalue weighted by atomic mass is 16.5. The van der Waals surface area contributed by atoms with Gasteiger partial charge in [0.2, 0.25) is 5.91 Å². The predicted molar refractivity (Wildman–Crippen MR) is 137 cm³/mol. The Labute approximate surface area is 203 Å². The largest absolute Gasteiger partial charge is 0.449 e. The summed E-state index contributed by atoms with van der Waals surface area (Å²) in [6.45, 7) is 6.62. The molecular weight excluding hydrogens is 426 g/mol. The number of alkyl carbamates (subject to hydrolysis) is 1. The number of rotatable bonds is 11. The molecule has 0 aliphatic heterocycles. The lowest BCUT2D eigenvalue weighted by molar-refractivity contribution is -0.124. The Kier molecular flexibility index (Phi) is 9.95. The fourth-order valence-electron chi connectivity index (χ4n) is 4.97. The van der Waals surface area contributed by atoms with Crippen LogP contribution >= 0.6 is 0 Å². The molecule has 0 aromatic heterocycles. The van der Waals surface area contributed by atoms with Gasteiger partial charge in [0.05, 0.1) is 0 Å². The van der Waals surface area contributed by atoms with E-state index in [0.29, 0.717) is 13.0 Å². The van der Waals surface area contributed by atoms with E-state index in [-0.39, 0.29) is 24.5 Å². The van der Waals surface area contributed by atoms with Gasteiger partial charge in [-0.15, -0.1) is 0 Å². The van der Waals surface area contributed by atoms with Crippen LogP contribution in [0.1, 0.15) is 75.3 Å². The summed E-state index contributed by atoms with van der Waals surface area (Å²) in [6, 6.07) is 7.77. The van der Waals surface area contributed by atoms with Crippen molar-refractivity contribution in [1.82, 2.24) is 10.6 Å². The summed E-state index contributed by atoms with van der Waals surface area (Å²) in [5, 5.41) is 5.95. The van der Waals surface area contributed by atoms with Crippen molar-refractivity contribution in [2.75, 3.05) is 13.2 Å². The maximum absolute atomic E-state index is 12.9. The Morgan fingerprint density at radius 2 is 1.97 bits per heavy atom. The molecule has 2 atom stereocenters. The van der Waals surface area contributed by atoms with Crippen LogP contribution in [0, 0.1) is 0 Å². The number of nitrogens with one attached hydrogen (secondary N) is 2. The molecule has 184 valence electrons. The average molecular weight is 466 g/mol. The number of benzene rings is 1. The van der Waals surface area contributed by atoms with Crippen molar-refractivity contribution in [1.29, 1.82) is 0 Å². The van der Waals surface area contributed by atoms with Crippen LogP contribution < -0.4 is 16.4 Å². The van der Waals surface area contributed by atoms with Gasteiger partial charge in [0.1, 0.15) is 12.6 Å². The molecule has 0 bridgehead atoms. The maximum Gasteiger partial charge on any atom is 0.407 e. The number of allylic oxidation sites excluding steroid dienone is 4. The highest BCUT2D eigenvalue weighted by Crippen LogP contribution is 2.42. The topological polar surface area (TPSA) is 93.4 Å². The molecule has 3 rings (SSSR count). The number of carbonyl (C=O) groups excluding carboxylic acids is 2. The monoisotopic (exact) mass is 465 g/mol. The molecule has 1 aromatic rings. The highest BCUT2D eigenvalue weighted by molar-refractivity contribution is 5.86. The standard InChI is InChI=1S/C28H39N3O3/c1-3-4-14-23-20(2)22-15-8-9-16-24(22)25(23)19-34-28(33)31-26(17-10-11-18-29)27(32)30-21-12-6-5-7-13-21/h3-4,8-9,14-16,21,25-26H,1,5-7,10-13,17-19,29H2,2H3,(H,30,32)(H,31,33)/b14-4-/t25?,26-/m1/s1. The number of fused-ring (bicyclic) bond motifs is 1. The third kappa shape index (κ3) is 6.83. The molecular formula is C28H39N3O3. The molecule has 2 aliphatic carbocycles. The summed E-state index contributed by atoms with van der Waals surface area (Å²) in [5.74, 6) is -0.178. The van der Waals surface area contributed by atoms with E-state index in [1.165, 1.54) is 17.6 Å². The van der Waals surface area contributed by atoms with Crippen LogP contribution in [0.2, 0.25) is 0 Å². The van der Waals surface area contributed by atoms with E-state index in [9.17, 15) is 9.59 Å². The van der Waals surface area contributed by atoms with Crippen molar-refractivity contribution >= 4 is 17.6 Å². The smallest absolute Gasteiger partial charge is 0.407 e. The lowest BCUT2D eigenvalue weighted by Crippen LogP contribution is -2.50. The van der Waals surface area contributed by atoms with E-state index >= 15 is 0 Å². The van der Waals surface area contributed by atoms with E-state index in [1.807, 2.05) is 24.3 Å². The third-order valence-corrected chi connectivity index (χ3v) is 6.85. The second kappa shape index (κ2) is 13.1. The summed E-state index contributed by atoms with van der Waals surface area (Å²) < 4.78 is 5.67. The summed E-state index contributed by atoms with van der Waals surface area (Å²) in [7, 11) is 0. The number of hydrogen-bond donors (Lipinski definition) is 3. The van der Waals surface area contributed by atoms with E-state index in [1.54, 1.807) is 6.08 Å². The van der Waals surface area contributed by atoms with Gasteiger partial charge >= 0.3 is 6.09 Å². The second-order valence-corrected chi connectivity index (χ2v) is 9.24. The molecule has 2 aliphatic rings. The van der Waals surface area contributed by atoms with Crippen LogP contribution in [0.25, 0.3) is 5.57 Å². The van der Waals surface area contributed by atoms with Gasteiger partial charge in [-0.3, -0.25) is 4.79 Å². The zero-order valence-electron chi connectivity index (χ0n) is 20.4. The van der Waals surface area contributed by atoms with Crippen LogP contribution in [0.5, 0.6) is 0 Å². The Balaban J connectivity index is 1.63. The molecule has 4 N–H and O–H groups in total. The second-order valence-electron chi connectivity index (χ2n) is 9.24. The van der Waals surface area contributed by atoms with Crippen molar-refractivity contribution in [2.24, 2.45) is 5.73 Å². The number of hydrogen-bond acceptors (Lipinski definition) is 4. The van der Waals surface area contributed by atoms with E-state index in [0.717, 1.165) is 49.7 Å². The van der Waals surface area contributed by atoms with Crippen LogP contribution in [0.4, 0.5) is 4.79 Å². The van der Waals surface area contributed by atoms with Gasteiger partial charge in [0.15, 0.2) is 0 Å². The maximum atomic E-state index is 12.9. The first-order valence-electron chi connectivity index (χ1n) is 12.6. The van der Waals surface area contributed by atoms with Crippen LogP contribution in [-0.2, 0) is 9.53 Å². The molecule has 34 heavy (non-hydrogen) atoms. The fraction of sp³-hybridized carbons (Fsp3) is 0.500. The van der Waals surface area contributed by atoms with Gasteiger partial charge in [-0.25, -0.2) is 4.79 Å². The number of unbranched alkanes of at least 4 members (excludes halogenated alkanes) is 1. The lowest BCUT2D eigenvalue weighted by Gasteiger charge is -2.26.